The van der Waals surface area contributed by atoms with Crippen molar-refractivity contribution in [1.82, 2.24) is 9.59 Å². The molecule has 0 saturated carbocycles. The smallest absolute Gasteiger partial charge is 0.269 e. The van der Waals surface area contributed by atoms with Gasteiger partial charge in [0.2, 0.25) is 0 Å². The van der Waals surface area contributed by atoms with Crippen LogP contribution in [0.4, 0.5) is 5.69 Å². The summed E-state index contributed by atoms with van der Waals surface area (Å²) in [5.41, 5.74) is 1.61. The van der Waals surface area contributed by atoms with Crippen LogP contribution in [0, 0.1) is 11.3 Å². The Morgan fingerprint density at radius 2 is 2.18 bits per heavy atom. The van der Waals surface area contributed by atoms with E-state index >= 15 is 0 Å². The van der Waals surface area contributed by atoms with Crippen LogP contribution in [0.3, 0.4) is 0 Å². The van der Waals surface area contributed by atoms with E-state index in [1.165, 1.54) is 6.20 Å². The lowest BCUT2D eigenvalue weighted by Crippen LogP contribution is -2.09. The zero-order valence-corrected chi connectivity index (χ0v) is 9.57. The third-order valence-electron chi connectivity index (χ3n) is 2.08. The number of hydrogen-bond donors (Lipinski definition) is 1. The normalized spacial score (nSPS) is 9.59. The van der Waals surface area contributed by atoms with E-state index in [2.05, 4.69) is 21.0 Å². The summed E-state index contributed by atoms with van der Waals surface area (Å²) >= 11 is 1.05. The SMILES string of the molecule is N#CCc1ccc(NC(=O)c2cnns2)cc1. The van der Waals surface area contributed by atoms with Gasteiger partial charge in [-0.2, -0.15) is 5.26 Å². The summed E-state index contributed by atoms with van der Waals surface area (Å²) in [4.78, 5) is 12.1. The maximum atomic E-state index is 11.7. The van der Waals surface area contributed by atoms with Crippen LogP contribution in [-0.2, 0) is 6.42 Å². The molecule has 0 aliphatic heterocycles. The van der Waals surface area contributed by atoms with Gasteiger partial charge < -0.3 is 5.32 Å². The topological polar surface area (TPSA) is 78.7 Å². The number of amides is 1. The standard InChI is InChI=1S/C11H8N4OS/c12-6-5-8-1-3-9(4-2-8)14-11(16)10-7-13-15-17-10/h1-4,7H,5H2,(H,14,16). The predicted molar refractivity (Wildman–Crippen MR) is 63.6 cm³/mol. The Bertz CT molecular complexity index is 542. The molecule has 1 aromatic carbocycles. The van der Waals surface area contributed by atoms with Crippen molar-refractivity contribution in [3.8, 4) is 6.07 Å². The second-order valence-corrected chi connectivity index (χ2v) is 4.05. The summed E-state index contributed by atoms with van der Waals surface area (Å²) in [7, 11) is 0. The van der Waals surface area contributed by atoms with Crippen LogP contribution in [0.5, 0.6) is 0 Å². The lowest BCUT2D eigenvalue weighted by molar-refractivity contribution is 0.103. The molecule has 84 valence electrons. The van der Waals surface area contributed by atoms with Crippen LogP contribution < -0.4 is 5.32 Å². The van der Waals surface area contributed by atoms with Gasteiger partial charge >= 0.3 is 0 Å². The molecule has 0 atom stereocenters. The number of carbonyl (C=O) groups excluding carboxylic acids is 1. The molecule has 0 aliphatic rings. The number of anilines is 1. The number of aromatic nitrogens is 2. The fourth-order valence-electron chi connectivity index (χ4n) is 1.26. The molecular formula is C11H8N4OS. The van der Waals surface area contributed by atoms with Crippen molar-refractivity contribution in [1.29, 1.82) is 5.26 Å². The van der Waals surface area contributed by atoms with Crippen molar-refractivity contribution in [3.05, 3.63) is 40.9 Å². The zero-order valence-electron chi connectivity index (χ0n) is 8.75. The van der Waals surface area contributed by atoms with Gasteiger partial charge in [0.05, 0.1) is 18.7 Å². The molecule has 0 aliphatic carbocycles. The summed E-state index contributed by atoms with van der Waals surface area (Å²) < 4.78 is 3.62. The van der Waals surface area contributed by atoms with Gasteiger partial charge in [0.15, 0.2) is 0 Å². The minimum Gasteiger partial charge on any atom is -0.321 e. The van der Waals surface area contributed by atoms with Crippen molar-refractivity contribution in [2.45, 2.75) is 6.42 Å². The first-order valence-electron chi connectivity index (χ1n) is 4.84. The third kappa shape index (κ3) is 2.86. The van der Waals surface area contributed by atoms with E-state index in [9.17, 15) is 4.79 Å². The molecule has 1 N–H and O–H groups in total. The molecule has 1 amide bonds. The minimum absolute atomic E-state index is 0.229. The van der Waals surface area contributed by atoms with Crippen LogP contribution in [0.2, 0.25) is 0 Å². The Morgan fingerprint density at radius 3 is 2.76 bits per heavy atom. The molecule has 5 nitrogen and oxygen atoms in total. The van der Waals surface area contributed by atoms with Gasteiger partial charge in [0, 0.05) is 5.69 Å². The highest BCUT2D eigenvalue weighted by atomic mass is 32.1. The third-order valence-corrected chi connectivity index (χ3v) is 2.74. The lowest BCUT2D eigenvalue weighted by atomic mass is 10.1. The highest BCUT2D eigenvalue weighted by Gasteiger charge is 2.08. The summed E-state index contributed by atoms with van der Waals surface area (Å²) in [5.74, 6) is -0.229. The predicted octanol–water partition coefficient (Wildman–Crippen LogP) is 1.86. The Labute approximate surface area is 102 Å². The van der Waals surface area contributed by atoms with E-state index in [0.717, 1.165) is 17.1 Å². The van der Waals surface area contributed by atoms with Gasteiger partial charge in [-0.15, -0.1) is 5.10 Å². The fraction of sp³-hybridized carbons (Fsp3) is 0.0909. The zero-order chi connectivity index (χ0) is 12.1. The number of carbonyl (C=O) groups is 1. The first-order valence-corrected chi connectivity index (χ1v) is 5.61. The van der Waals surface area contributed by atoms with Crippen LogP contribution >= 0.6 is 11.5 Å². The molecule has 2 aromatic rings. The van der Waals surface area contributed by atoms with E-state index < -0.39 is 0 Å². The van der Waals surface area contributed by atoms with E-state index in [1.54, 1.807) is 12.1 Å². The number of hydrogen-bond acceptors (Lipinski definition) is 5. The van der Waals surface area contributed by atoms with Crippen LogP contribution in [0.15, 0.2) is 30.5 Å². The molecule has 0 fully saturated rings. The van der Waals surface area contributed by atoms with E-state index in [4.69, 9.17) is 5.26 Å². The maximum absolute atomic E-state index is 11.7. The van der Waals surface area contributed by atoms with Gasteiger partial charge in [0.25, 0.3) is 5.91 Å². The highest BCUT2D eigenvalue weighted by molar-refractivity contribution is 7.07. The van der Waals surface area contributed by atoms with Crippen molar-refractivity contribution in [3.63, 3.8) is 0 Å². The Hall–Kier alpha value is -2.26. The quantitative estimate of drug-likeness (QED) is 0.893. The van der Waals surface area contributed by atoms with Gasteiger partial charge in [-0.05, 0) is 29.2 Å². The second kappa shape index (κ2) is 5.18. The summed E-state index contributed by atoms with van der Waals surface area (Å²) in [6, 6.07) is 9.21. The Kier molecular flexibility index (Phi) is 3.43. The molecule has 17 heavy (non-hydrogen) atoms. The number of nitrogens with zero attached hydrogens (tertiary/aromatic N) is 3. The summed E-state index contributed by atoms with van der Waals surface area (Å²) in [5, 5.41) is 14.8. The monoisotopic (exact) mass is 244 g/mol. The molecule has 0 bridgehead atoms. The average Bonchev–Trinajstić information content (AvgIpc) is 2.86. The largest absolute Gasteiger partial charge is 0.321 e. The van der Waals surface area contributed by atoms with Gasteiger partial charge in [-0.1, -0.05) is 16.6 Å². The van der Waals surface area contributed by atoms with Crippen LogP contribution in [0.1, 0.15) is 15.2 Å². The van der Waals surface area contributed by atoms with E-state index in [1.807, 2.05) is 12.1 Å². The van der Waals surface area contributed by atoms with Gasteiger partial charge in [-0.25, -0.2) is 0 Å². The van der Waals surface area contributed by atoms with Gasteiger partial charge in [-0.3, -0.25) is 4.79 Å². The number of nitriles is 1. The average molecular weight is 244 g/mol. The summed E-state index contributed by atoms with van der Waals surface area (Å²) in [6.07, 6.45) is 1.79. The Balaban J connectivity index is 2.05. The van der Waals surface area contributed by atoms with Crippen molar-refractivity contribution in [2.75, 3.05) is 5.32 Å². The number of rotatable bonds is 3. The molecule has 0 saturated heterocycles. The van der Waals surface area contributed by atoms with Gasteiger partial charge in [0.1, 0.15) is 4.88 Å². The Morgan fingerprint density at radius 1 is 1.41 bits per heavy atom. The van der Waals surface area contributed by atoms with Crippen LogP contribution in [-0.4, -0.2) is 15.5 Å². The molecule has 2 rings (SSSR count). The first kappa shape index (κ1) is 11.2. The van der Waals surface area contributed by atoms with Crippen molar-refractivity contribution < 1.29 is 4.79 Å². The molecule has 1 aromatic heterocycles. The number of benzene rings is 1. The second-order valence-electron chi connectivity index (χ2n) is 3.27. The molecule has 0 radical (unpaired) electrons. The minimum atomic E-state index is -0.229. The lowest BCUT2D eigenvalue weighted by Gasteiger charge is -2.03. The molecule has 6 heteroatoms. The first-order chi connectivity index (χ1) is 8.29. The molecular weight excluding hydrogens is 236 g/mol. The molecule has 1 heterocycles. The van der Waals surface area contributed by atoms with E-state index in [-0.39, 0.29) is 5.91 Å². The molecule has 0 spiro atoms. The fourth-order valence-corrected chi connectivity index (χ4v) is 1.67. The number of nitrogens with one attached hydrogen (secondary N) is 1. The summed E-state index contributed by atoms with van der Waals surface area (Å²) in [6.45, 7) is 0. The van der Waals surface area contributed by atoms with E-state index in [0.29, 0.717) is 17.0 Å². The maximum Gasteiger partial charge on any atom is 0.269 e. The van der Waals surface area contributed by atoms with Crippen LogP contribution in [0.25, 0.3) is 0 Å². The van der Waals surface area contributed by atoms with Crippen molar-refractivity contribution >= 4 is 23.1 Å². The van der Waals surface area contributed by atoms with Crippen molar-refractivity contribution in [2.24, 2.45) is 0 Å². The molecule has 0 unspecified atom stereocenters. The highest BCUT2D eigenvalue weighted by Crippen LogP contribution is 2.12.